The summed E-state index contributed by atoms with van der Waals surface area (Å²) in [5.74, 6) is 1.43. The summed E-state index contributed by atoms with van der Waals surface area (Å²) in [5, 5.41) is 17.4. The minimum Gasteiger partial charge on any atom is -0.381 e. The predicted molar refractivity (Wildman–Crippen MR) is 148 cm³/mol. The minimum atomic E-state index is -0.875. The Labute approximate surface area is 218 Å². The van der Waals surface area contributed by atoms with Crippen LogP contribution in [0.15, 0.2) is 42.6 Å². The molecule has 1 aromatic heterocycles. The van der Waals surface area contributed by atoms with Crippen LogP contribution < -0.4 is 4.68 Å². The van der Waals surface area contributed by atoms with Crippen LogP contribution in [0, 0.1) is 0 Å². The van der Waals surface area contributed by atoms with Crippen LogP contribution in [0.1, 0.15) is 139 Å². The molecule has 1 aliphatic rings. The average Bonchev–Trinajstić information content (AvgIpc) is 3.29. The van der Waals surface area contributed by atoms with Crippen LogP contribution in [0.4, 0.5) is 0 Å². The van der Waals surface area contributed by atoms with Gasteiger partial charge in [0.15, 0.2) is 17.6 Å². The second kappa shape index (κ2) is 10.5. The third kappa shape index (κ3) is 4.89. The van der Waals surface area contributed by atoms with Crippen molar-refractivity contribution in [2.24, 2.45) is 0 Å². The van der Waals surface area contributed by atoms with Crippen LogP contribution in [0.3, 0.4) is 0 Å². The molecule has 1 aliphatic carbocycles. The van der Waals surface area contributed by atoms with E-state index in [9.17, 15) is 5.11 Å². The maximum absolute atomic E-state index is 12.1. The fraction of sp³-hybridized carbons (Fsp3) is 0.562. The van der Waals surface area contributed by atoms with Crippen LogP contribution in [-0.2, 0) is 5.60 Å². The Morgan fingerprint density at radius 1 is 0.722 bits per heavy atom. The zero-order chi connectivity index (χ0) is 26.2. The van der Waals surface area contributed by atoms with Gasteiger partial charge in [-0.25, -0.2) is 0 Å². The zero-order valence-electron chi connectivity index (χ0n) is 23.7. The third-order valence-corrected chi connectivity index (χ3v) is 7.94. The highest BCUT2D eigenvalue weighted by Gasteiger charge is 2.42. The molecule has 0 atom stereocenters. The Hall–Kier alpha value is -2.46. The fourth-order valence-electron chi connectivity index (χ4n) is 5.86. The Morgan fingerprint density at radius 3 is 1.61 bits per heavy atom. The van der Waals surface area contributed by atoms with Crippen molar-refractivity contribution >= 4 is 0 Å². The molecule has 36 heavy (non-hydrogen) atoms. The molecule has 3 aromatic rings. The number of para-hydroxylation sites is 2. The summed E-state index contributed by atoms with van der Waals surface area (Å²) in [4.78, 5) is 0. The molecule has 4 heteroatoms. The third-order valence-electron chi connectivity index (χ3n) is 7.94. The van der Waals surface area contributed by atoms with E-state index in [1.165, 1.54) is 28.7 Å². The van der Waals surface area contributed by atoms with Crippen molar-refractivity contribution in [2.75, 3.05) is 0 Å². The molecule has 1 N–H and O–H groups in total. The van der Waals surface area contributed by atoms with E-state index in [2.05, 4.69) is 107 Å². The van der Waals surface area contributed by atoms with Gasteiger partial charge in [0, 0.05) is 22.3 Å². The normalized spacial score (nSPS) is 16.0. The maximum atomic E-state index is 12.1. The first-order valence-corrected chi connectivity index (χ1v) is 14.1. The summed E-state index contributed by atoms with van der Waals surface area (Å²) in [7, 11) is 0. The van der Waals surface area contributed by atoms with Gasteiger partial charge in [-0.1, -0.05) is 116 Å². The summed E-state index contributed by atoms with van der Waals surface area (Å²) in [5.41, 5.74) is 7.48. The molecule has 1 saturated carbocycles. The molecule has 0 bridgehead atoms. The molecule has 1 fully saturated rings. The van der Waals surface area contributed by atoms with Gasteiger partial charge in [-0.2, -0.15) is 0 Å². The summed E-state index contributed by atoms with van der Waals surface area (Å²) < 4.78 is 4.19. The zero-order valence-corrected chi connectivity index (χ0v) is 23.7. The van der Waals surface area contributed by atoms with E-state index in [0.29, 0.717) is 23.7 Å². The van der Waals surface area contributed by atoms with Crippen molar-refractivity contribution in [3.05, 3.63) is 70.5 Å². The van der Waals surface area contributed by atoms with Gasteiger partial charge in [-0.15, -0.1) is 4.68 Å². The predicted octanol–water partition coefficient (Wildman–Crippen LogP) is 7.79. The van der Waals surface area contributed by atoms with Crippen molar-refractivity contribution in [3.63, 3.8) is 0 Å². The van der Waals surface area contributed by atoms with Gasteiger partial charge < -0.3 is 5.11 Å². The Balaban J connectivity index is 2.08. The molecule has 0 saturated heterocycles. The Bertz CT molecular complexity index is 1140. The van der Waals surface area contributed by atoms with Gasteiger partial charge >= 0.3 is 0 Å². The first kappa shape index (κ1) is 26.6. The number of hydrogen-bond donors (Lipinski definition) is 1. The lowest BCUT2D eigenvalue weighted by atomic mass is 9.82. The smallest absolute Gasteiger partial charge is 0.206 e. The van der Waals surface area contributed by atoms with Gasteiger partial charge in [-0.3, -0.25) is 0 Å². The average molecular weight is 489 g/mol. The quantitative estimate of drug-likeness (QED) is 0.345. The van der Waals surface area contributed by atoms with Crippen molar-refractivity contribution < 1.29 is 9.79 Å². The lowest BCUT2D eigenvalue weighted by Crippen LogP contribution is -2.47. The first-order chi connectivity index (χ1) is 17.0. The minimum absolute atomic E-state index is 0.347. The highest BCUT2D eigenvalue weighted by Crippen LogP contribution is 2.38. The summed E-state index contributed by atoms with van der Waals surface area (Å²) in [6.45, 7) is 18.0. The van der Waals surface area contributed by atoms with Crippen LogP contribution >= 0.6 is 0 Å². The van der Waals surface area contributed by atoms with E-state index in [1.807, 2.05) is 0 Å². The standard InChI is InChI=1S/C32H46N3O/c1-21(2)25-14-12-15-26(22(3)4)30(25)34-20-29(32(36)18-10-9-11-19-32)35(33-34)31-27(23(5)6)16-13-17-28(31)24(7)8/h12-17,20-24,36H,9-11,18-19H2,1-8H3/q+1. The highest BCUT2D eigenvalue weighted by atomic mass is 16.3. The lowest BCUT2D eigenvalue weighted by molar-refractivity contribution is -0.676. The number of aliphatic hydroxyl groups is 1. The fourth-order valence-corrected chi connectivity index (χ4v) is 5.86. The Morgan fingerprint density at radius 2 is 1.17 bits per heavy atom. The topological polar surface area (TPSA) is 41.9 Å². The molecule has 0 unspecified atom stereocenters. The molecule has 194 valence electrons. The van der Waals surface area contributed by atoms with Crippen molar-refractivity contribution in [1.82, 2.24) is 9.90 Å². The molecule has 2 aromatic carbocycles. The van der Waals surface area contributed by atoms with Crippen molar-refractivity contribution in [3.8, 4) is 11.4 Å². The summed E-state index contributed by atoms with van der Waals surface area (Å²) >= 11 is 0. The molecule has 0 spiro atoms. The molecular weight excluding hydrogens is 442 g/mol. The Kier molecular flexibility index (Phi) is 7.75. The number of hydrogen-bond acceptors (Lipinski definition) is 2. The van der Waals surface area contributed by atoms with Crippen LogP contribution in [0.5, 0.6) is 0 Å². The van der Waals surface area contributed by atoms with E-state index in [1.54, 1.807) is 0 Å². The van der Waals surface area contributed by atoms with Gasteiger partial charge in [0.2, 0.25) is 5.69 Å². The molecule has 0 radical (unpaired) electrons. The number of aromatic nitrogens is 3. The van der Waals surface area contributed by atoms with Gasteiger partial charge in [0.25, 0.3) is 0 Å². The monoisotopic (exact) mass is 488 g/mol. The van der Waals surface area contributed by atoms with Crippen LogP contribution in [0.2, 0.25) is 0 Å². The molecule has 4 rings (SSSR count). The second-order valence-electron chi connectivity index (χ2n) is 12.0. The number of rotatable bonds is 7. The first-order valence-electron chi connectivity index (χ1n) is 14.1. The highest BCUT2D eigenvalue weighted by molar-refractivity contribution is 5.51. The molecule has 0 aliphatic heterocycles. The van der Waals surface area contributed by atoms with E-state index in [-0.39, 0.29) is 0 Å². The summed E-state index contributed by atoms with van der Waals surface area (Å²) in [6, 6.07) is 13.3. The lowest BCUT2D eigenvalue weighted by Gasteiger charge is -2.29. The largest absolute Gasteiger partial charge is 0.381 e. The number of benzene rings is 2. The van der Waals surface area contributed by atoms with E-state index >= 15 is 0 Å². The SMILES string of the molecule is CC(C)c1cccc(C(C)C)c1-n1cc(C2(O)CCCCC2)[n+](-c2c(C(C)C)cccc2C(C)C)n1. The van der Waals surface area contributed by atoms with Crippen molar-refractivity contribution in [1.29, 1.82) is 0 Å². The van der Waals surface area contributed by atoms with Crippen LogP contribution in [0.25, 0.3) is 11.4 Å². The van der Waals surface area contributed by atoms with Crippen molar-refractivity contribution in [2.45, 2.75) is 117 Å². The van der Waals surface area contributed by atoms with Gasteiger partial charge in [-0.05, 0) is 36.5 Å². The van der Waals surface area contributed by atoms with E-state index in [4.69, 9.17) is 5.21 Å². The van der Waals surface area contributed by atoms with Gasteiger partial charge in [0.1, 0.15) is 10.8 Å². The number of nitrogens with zero attached hydrogens (tertiary/aromatic N) is 3. The van der Waals surface area contributed by atoms with E-state index < -0.39 is 5.60 Å². The van der Waals surface area contributed by atoms with Gasteiger partial charge in [0.05, 0.1) is 0 Å². The van der Waals surface area contributed by atoms with E-state index in [0.717, 1.165) is 42.8 Å². The van der Waals surface area contributed by atoms with Crippen LogP contribution in [-0.4, -0.2) is 15.0 Å². The second-order valence-corrected chi connectivity index (χ2v) is 12.0. The maximum Gasteiger partial charge on any atom is 0.206 e. The molecule has 0 amide bonds. The molecule has 4 nitrogen and oxygen atoms in total. The molecule has 1 heterocycles. The summed E-state index contributed by atoms with van der Waals surface area (Å²) in [6.07, 6.45) is 6.98. The molecular formula is C32H46N3O+.